The number of aromatic nitrogens is 1. The molecule has 0 amide bonds. The maximum absolute atomic E-state index is 10.7. The highest BCUT2D eigenvalue weighted by molar-refractivity contribution is 7.51. The topological polar surface area (TPSA) is 62.5 Å². The van der Waals surface area contributed by atoms with Crippen LogP contribution < -0.4 is 0 Å². The Morgan fingerprint density at radius 3 is 1.85 bits per heavy atom. The molecule has 0 aliphatic heterocycles. The Morgan fingerprint density at radius 2 is 1.26 bits per heavy atom. The molecule has 4 nitrogen and oxygen atoms in total. The predicted octanol–water partition coefficient (Wildman–Crippen LogP) is 6.23. The highest BCUT2D eigenvalue weighted by atomic mass is 31.2. The van der Waals surface area contributed by atoms with Crippen LogP contribution >= 0.6 is 7.60 Å². The molecule has 0 bridgehead atoms. The summed E-state index contributed by atoms with van der Waals surface area (Å²) < 4.78 is 13.0. The Balaban J connectivity index is 1.43. The van der Waals surface area contributed by atoms with E-state index in [1.807, 2.05) is 6.07 Å². The molecular weight excluding hydrogens is 357 g/mol. The fourth-order valence-corrected chi connectivity index (χ4v) is 4.04. The summed E-state index contributed by atoms with van der Waals surface area (Å²) in [6.07, 6.45) is 15.9. The number of aryl methyl sites for hydroxylation is 1. The Labute approximate surface area is 163 Å². The summed E-state index contributed by atoms with van der Waals surface area (Å²) in [5.74, 6) is 0. The lowest BCUT2D eigenvalue weighted by molar-refractivity contribution is 0.370. The Kier molecular flexibility index (Phi) is 9.90. The lowest BCUT2D eigenvalue weighted by Gasteiger charge is -2.05. The van der Waals surface area contributed by atoms with E-state index in [0.717, 1.165) is 19.4 Å². The number of unbranched alkanes of at least 4 members (excludes halogenated alkanes) is 9. The van der Waals surface area contributed by atoms with E-state index < -0.39 is 7.60 Å². The molecule has 2 N–H and O–H groups in total. The Hall–Kier alpha value is -1.35. The van der Waals surface area contributed by atoms with Crippen LogP contribution in [0.5, 0.6) is 0 Å². The third-order valence-electron chi connectivity index (χ3n) is 4.97. The molecule has 0 fully saturated rings. The van der Waals surface area contributed by atoms with Crippen LogP contribution in [0.25, 0.3) is 11.1 Å². The van der Waals surface area contributed by atoms with Crippen molar-refractivity contribution in [2.45, 2.75) is 70.8 Å². The van der Waals surface area contributed by atoms with Gasteiger partial charge in [-0.25, -0.2) is 0 Å². The average Bonchev–Trinajstić information content (AvgIpc) is 3.11. The van der Waals surface area contributed by atoms with E-state index in [0.29, 0.717) is 6.42 Å². The summed E-state index contributed by atoms with van der Waals surface area (Å²) in [5, 5.41) is 0. The van der Waals surface area contributed by atoms with Gasteiger partial charge in [0, 0.05) is 25.1 Å². The van der Waals surface area contributed by atoms with E-state index in [1.54, 1.807) is 0 Å². The standard InChI is InChI=1S/C22H34NO3P/c24-27(25,26)19-13-8-6-4-2-1-3-5-7-12-17-23-18-16-22(20-23)21-14-10-9-11-15-21/h9-11,14-16,18,20H,1-8,12-13,17,19H2,(H2,24,25,26). The van der Waals surface area contributed by atoms with Crippen LogP contribution in [-0.2, 0) is 11.1 Å². The monoisotopic (exact) mass is 391 g/mol. The quantitative estimate of drug-likeness (QED) is 0.296. The van der Waals surface area contributed by atoms with Crippen molar-refractivity contribution >= 4 is 7.60 Å². The van der Waals surface area contributed by atoms with Gasteiger partial charge in [0.2, 0.25) is 0 Å². The van der Waals surface area contributed by atoms with Gasteiger partial charge in [0.15, 0.2) is 0 Å². The minimum atomic E-state index is -3.78. The summed E-state index contributed by atoms with van der Waals surface area (Å²) in [6, 6.07) is 12.7. The maximum atomic E-state index is 10.7. The first-order valence-corrected chi connectivity index (χ1v) is 12.1. The molecule has 0 aliphatic carbocycles. The van der Waals surface area contributed by atoms with E-state index in [9.17, 15) is 4.57 Å². The van der Waals surface area contributed by atoms with Crippen molar-refractivity contribution in [3.63, 3.8) is 0 Å². The van der Waals surface area contributed by atoms with Gasteiger partial charge in [-0.05, 0) is 30.0 Å². The molecule has 2 rings (SSSR count). The molecule has 27 heavy (non-hydrogen) atoms. The fourth-order valence-electron chi connectivity index (χ4n) is 3.41. The predicted molar refractivity (Wildman–Crippen MR) is 113 cm³/mol. The zero-order valence-electron chi connectivity index (χ0n) is 16.3. The van der Waals surface area contributed by atoms with E-state index in [-0.39, 0.29) is 6.16 Å². The highest BCUT2D eigenvalue weighted by Crippen LogP contribution is 2.35. The van der Waals surface area contributed by atoms with Crippen LogP contribution in [0.2, 0.25) is 0 Å². The Bertz CT molecular complexity index is 678. The zero-order chi connectivity index (χ0) is 19.4. The van der Waals surface area contributed by atoms with Crippen LogP contribution in [0.1, 0.15) is 64.2 Å². The van der Waals surface area contributed by atoms with Crippen LogP contribution in [-0.4, -0.2) is 20.5 Å². The van der Waals surface area contributed by atoms with Gasteiger partial charge >= 0.3 is 7.60 Å². The molecule has 0 aliphatic rings. The van der Waals surface area contributed by atoms with Gasteiger partial charge in [-0.2, -0.15) is 0 Å². The first kappa shape index (κ1) is 21.9. The lowest BCUT2D eigenvalue weighted by Crippen LogP contribution is -1.94. The molecule has 5 heteroatoms. The molecular formula is C22H34NO3P. The molecule has 0 spiro atoms. The molecule has 1 aromatic carbocycles. The summed E-state index contributed by atoms with van der Waals surface area (Å²) in [7, 11) is -3.78. The van der Waals surface area contributed by atoms with Crippen LogP contribution in [0.15, 0.2) is 48.8 Å². The largest absolute Gasteiger partial charge is 0.354 e. The third kappa shape index (κ3) is 9.95. The van der Waals surface area contributed by atoms with Gasteiger partial charge in [-0.15, -0.1) is 0 Å². The number of hydrogen-bond acceptors (Lipinski definition) is 1. The van der Waals surface area contributed by atoms with Crippen molar-refractivity contribution in [1.82, 2.24) is 4.57 Å². The summed E-state index contributed by atoms with van der Waals surface area (Å²) in [5.41, 5.74) is 2.56. The summed E-state index contributed by atoms with van der Waals surface area (Å²) >= 11 is 0. The highest BCUT2D eigenvalue weighted by Gasteiger charge is 2.10. The fraction of sp³-hybridized carbons (Fsp3) is 0.545. The number of hydrogen-bond donors (Lipinski definition) is 2. The molecule has 0 unspecified atom stereocenters. The van der Waals surface area contributed by atoms with E-state index >= 15 is 0 Å². The second kappa shape index (κ2) is 12.2. The normalized spacial score (nSPS) is 11.8. The SMILES string of the molecule is O=P(O)(O)CCCCCCCCCCCCn1ccc(-c2ccccc2)c1. The minimum absolute atomic E-state index is 0.0429. The van der Waals surface area contributed by atoms with Gasteiger partial charge in [0.25, 0.3) is 0 Å². The molecule has 1 aromatic heterocycles. The van der Waals surface area contributed by atoms with Gasteiger partial charge < -0.3 is 14.4 Å². The molecule has 2 aromatic rings. The third-order valence-corrected chi connectivity index (χ3v) is 5.87. The van der Waals surface area contributed by atoms with Crippen molar-refractivity contribution in [3.8, 4) is 11.1 Å². The average molecular weight is 391 g/mol. The van der Waals surface area contributed by atoms with Gasteiger partial charge in [-0.3, -0.25) is 4.57 Å². The molecule has 150 valence electrons. The molecule has 0 saturated carbocycles. The van der Waals surface area contributed by atoms with E-state index in [2.05, 4.69) is 47.3 Å². The van der Waals surface area contributed by atoms with Crippen molar-refractivity contribution in [2.24, 2.45) is 0 Å². The van der Waals surface area contributed by atoms with Crippen molar-refractivity contribution in [1.29, 1.82) is 0 Å². The summed E-state index contributed by atoms with van der Waals surface area (Å²) in [6.45, 7) is 1.09. The van der Waals surface area contributed by atoms with Gasteiger partial charge in [-0.1, -0.05) is 81.7 Å². The van der Waals surface area contributed by atoms with Crippen LogP contribution in [0, 0.1) is 0 Å². The molecule has 0 radical (unpaired) electrons. The number of benzene rings is 1. The van der Waals surface area contributed by atoms with E-state index in [1.165, 1.54) is 56.1 Å². The van der Waals surface area contributed by atoms with Crippen molar-refractivity contribution in [3.05, 3.63) is 48.8 Å². The molecule has 0 saturated heterocycles. The number of rotatable bonds is 14. The zero-order valence-corrected chi connectivity index (χ0v) is 17.2. The lowest BCUT2D eigenvalue weighted by atomic mass is 10.1. The van der Waals surface area contributed by atoms with E-state index in [4.69, 9.17) is 9.79 Å². The second-order valence-corrected chi connectivity index (χ2v) is 9.20. The maximum Gasteiger partial charge on any atom is 0.325 e. The number of nitrogens with zero attached hydrogens (tertiary/aromatic N) is 1. The minimum Gasteiger partial charge on any atom is -0.354 e. The smallest absolute Gasteiger partial charge is 0.325 e. The van der Waals surface area contributed by atoms with Gasteiger partial charge in [0.1, 0.15) is 0 Å². The van der Waals surface area contributed by atoms with Crippen molar-refractivity contribution < 1.29 is 14.4 Å². The Morgan fingerprint density at radius 1 is 0.704 bits per heavy atom. The van der Waals surface area contributed by atoms with Crippen molar-refractivity contribution in [2.75, 3.05) is 6.16 Å². The second-order valence-electron chi connectivity index (χ2n) is 7.43. The van der Waals surface area contributed by atoms with Crippen LogP contribution in [0.4, 0.5) is 0 Å². The first-order valence-electron chi connectivity index (χ1n) is 10.3. The molecule has 1 heterocycles. The first-order chi connectivity index (χ1) is 13.0. The van der Waals surface area contributed by atoms with Crippen LogP contribution in [0.3, 0.4) is 0 Å². The molecule has 0 atom stereocenters. The van der Waals surface area contributed by atoms with Gasteiger partial charge in [0.05, 0.1) is 0 Å². The summed E-state index contributed by atoms with van der Waals surface area (Å²) in [4.78, 5) is 17.6.